The summed E-state index contributed by atoms with van der Waals surface area (Å²) in [7, 11) is 0. The van der Waals surface area contributed by atoms with Crippen LogP contribution in [0.15, 0.2) is 30.7 Å². The molecule has 0 radical (unpaired) electrons. The number of hydrogen-bond donors (Lipinski definition) is 1. The van der Waals surface area contributed by atoms with Gasteiger partial charge in [0.1, 0.15) is 0 Å². The van der Waals surface area contributed by atoms with E-state index in [1.165, 1.54) is 18.6 Å². The third kappa shape index (κ3) is 1.65. The fraction of sp³-hybridized carbons (Fsp3) is 0.111. The van der Waals surface area contributed by atoms with Crippen LogP contribution in [0.3, 0.4) is 0 Å². The van der Waals surface area contributed by atoms with Gasteiger partial charge in [-0.3, -0.25) is 4.98 Å². The van der Waals surface area contributed by atoms with Crippen molar-refractivity contribution in [2.75, 3.05) is 5.73 Å². The number of aromatic nitrogens is 3. The molecule has 2 aromatic heterocycles. The van der Waals surface area contributed by atoms with Crippen LogP contribution in [0.1, 0.15) is 6.55 Å². The zero-order chi connectivity index (χ0) is 10.8. The Morgan fingerprint density at radius 3 is 2.53 bits per heavy atom. The Morgan fingerprint density at radius 2 is 1.93 bits per heavy atom. The first-order valence-corrected chi connectivity index (χ1v) is 4.21. The molecule has 6 heteroatoms. The highest BCUT2D eigenvalue weighted by molar-refractivity contribution is 5.72. The molecule has 2 aromatic rings. The minimum Gasteiger partial charge on any atom is -0.396 e. The second-order valence-electron chi connectivity index (χ2n) is 2.91. The van der Waals surface area contributed by atoms with E-state index in [-0.39, 0.29) is 11.4 Å². The van der Waals surface area contributed by atoms with Gasteiger partial charge in [0.15, 0.2) is 0 Å². The Morgan fingerprint density at radius 1 is 1.27 bits per heavy atom. The van der Waals surface area contributed by atoms with Crippen LogP contribution in [0.2, 0.25) is 0 Å². The average Bonchev–Trinajstić information content (AvgIpc) is 2.61. The van der Waals surface area contributed by atoms with Gasteiger partial charge in [0.25, 0.3) is 0 Å². The van der Waals surface area contributed by atoms with E-state index < -0.39 is 6.55 Å². The molecule has 2 N–H and O–H groups in total. The summed E-state index contributed by atoms with van der Waals surface area (Å²) in [6.45, 7) is -2.70. The van der Waals surface area contributed by atoms with Gasteiger partial charge in [-0.05, 0) is 12.1 Å². The summed E-state index contributed by atoms with van der Waals surface area (Å²) in [6, 6.07) is 3.21. The number of rotatable bonds is 2. The molecule has 0 unspecified atom stereocenters. The van der Waals surface area contributed by atoms with Gasteiger partial charge in [-0.1, -0.05) is 0 Å². The largest absolute Gasteiger partial charge is 0.396 e. The smallest absolute Gasteiger partial charge is 0.333 e. The van der Waals surface area contributed by atoms with E-state index in [2.05, 4.69) is 10.1 Å². The molecule has 0 fully saturated rings. The molecule has 0 bridgehead atoms. The van der Waals surface area contributed by atoms with E-state index in [1.54, 1.807) is 12.1 Å². The van der Waals surface area contributed by atoms with Crippen LogP contribution in [0.4, 0.5) is 14.5 Å². The quantitative estimate of drug-likeness (QED) is 0.823. The fourth-order valence-electron chi connectivity index (χ4n) is 1.33. The third-order valence-corrected chi connectivity index (χ3v) is 1.96. The van der Waals surface area contributed by atoms with E-state index in [1.807, 2.05) is 0 Å². The van der Waals surface area contributed by atoms with Gasteiger partial charge in [0, 0.05) is 18.0 Å². The number of pyridine rings is 1. The maximum atomic E-state index is 12.6. The van der Waals surface area contributed by atoms with Crippen molar-refractivity contribution in [1.29, 1.82) is 0 Å². The molecule has 2 heterocycles. The molecule has 2 rings (SSSR count). The predicted molar refractivity (Wildman–Crippen MR) is 51.1 cm³/mol. The summed E-state index contributed by atoms with van der Waals surface area (Å²) in [4.78, 5) is 3.80. The highest BCUT2D eigenvalue weighted by atomic mass is 19.3. The van der Waals surface area contributed by atoms with Crippen LogP contribution in [-0.4, -0.2) is 14.8 Å². The minimum absolute atomic E-state index is 0.215. The number of hydrogen-bond acceptors (Lipinski definition) is 3. The van der Waals surface area contributed by atoms with Gasteiger partial charge >= 0.3 is 6.55 Å². The molecule has 0 saturated heterocycles. The average molecular weight is 210 g/mol. The Bertz CT molecular complexity index is 452. The van der Waals surface area contributed by atoms with Gasteiger partial charge in [-0.25, -0.2) is 4.68 Å². The molecule has 78 valence electrons. The van der Waals surface area contributed by atoms with Crippen molar-refractivity contribution >= 4 is 5.69 Å². The summed E-state index contributed by atoms with van der Waals surface area (Å²) in [5.41, 5.74) is 6.58. The lowest BCUT2D eigenvalue weighted by molar-refractivity contribution is 0.0585. The second kappa shape index (κ2) is 3.64. The molecule has 0 aromatic carbocycles. The van der Waals surface area contributed by atoms with Crippen LogP contribution in [0, 0.1) is 0 Å². The number of nitrogens with two attached hydrogens (primary N) is 1. The lowest BCUT2D eigenvalue weighted by Crippen LogP contribution is -2.03. The van der Waals surface area contributed by atoms with Crippen molar-refractivity contribution in [1.82, 2.24) is 14.8 Å². The van der Waals surface area contributed by atoms with Gasteiger partial charge in [-0.2, -0.15) is 13.9 Å². The Hall–Kier alpha value is -1.98. The molecule has 0 amide bonds. The molecule has 0 atom stereocenters. The Kier molecular flexibility index (Phi) is 2.32. The topological polar surface area (TPSA) is 56.7 Å². The van der Waals surface area contributed by atoms with Gasteiger partial charge < -0.3 is 5.73 Å². The first-order chi connectivity index (χ1) is 7.20. The minimum atomic E-state index is -2.70. The molecule has 0 aliphatic rings. The van der Waals surface area contributed by atoms with Crippen LogP contribution in [0.5, 0.6) is 0 Å². The standard InChI is InChI=1S/C9H8F2N4/c10-9(11)15-8(7(12)5-14-15)6-1-3-13-4-2-6/h1-5,9H,12H2. The number of halogens is 2. The van der Waals surface area contributed by atoms with E-state index in [4.69, 9.17) is 5.73 Å². The van der Waals surface area contributed by atoms with Crippen LogP contribution in [0.25, 0.3) is 11.3 Å². The van der Waals surface area contributed by atoms with Crippen LogP contribution < -0.4 is 5.73 Å². The van der Waals surface area contributed by atoms with Gasteiger partial charge in [-0.15, -0.1) is 0 Å². The van der Waals surface area contributed by atoms with E-state index in [9.17, 15) is 8.78 Å². The van der Waals surface area contributed by atoms with Crippen molar-refractivity contribution in [3.05, 3.63) is 30.7 Å². The first kappa shape index (κ1) is 9.57. The number of nitrogen functional groups attached to an aromatic ring is 1. The fourth-order valence-corrected chi connectivity index (χ4v) is 1.33. The predicted octanol–water partition coefficient (Wildman–Crippen LogP) is 1.92. The highest BCUT2D eigenvalue weighted by Crippen LogP contribution is 2.28. The maximum absolute atomic E-state index is 12.6. The van der Waals surface area contributed by atoms with Gasteiger partial charge in [0.2, 0.25) is 0 Å². The number of nitrogens with zero attached hydrogens (tertiary/aromatic N) is 3. The molecule has 0 spiro atoms. The molecule has 4 nitrogen and oxygen atoms in total. The van der Waals surface area contributed by atoms with Crippen LogP contribution >= 0.6 is 0 Å². The van der Waals surface area contributed by atoms with Crippen molar-refractivity contribution in [2.24, 2.45) is 0 Å². The SMILES string of the molecule is Nc1cnn(C(F)F)c1-c1ccncc1. The monoisotopic (exact) mass is 210 g/mol. The Labute approximate surface area is 84.4 Å². The summed E-state index contributed by atoms with van der Waals surface area (Å²) in [5, 5.41) is 3.51. The summed E-state index contributed by atoms with van der Waals surface area (Å²) in [6.07, 6.45) is 4.23. The lowest BCUT2D eigenvalue weighted by Gasteiger charge is -2.06. The zero-order valence-corrected chi connectivity index (χ0v) is 7.64. The highest BCUT2D eigenvalue weighted by Gasteiger charge is 2.16. The Balaban J connectivity index is 2.57. The molecular weight excluding hydrogens is 202 g/mol. The molecular formula is C9H8F2N4. The van der Waals surface area contributed by atoms with Crippen molar-refractivity contribution in [3.8, 4) is 11.3 Å². The summed E-state index contributed by atoms with van der Waals surface area (Å²) >= 11 is 0. The molecule has 0 saturated carbocycles. The number of alkyl halides is 2. The van der Waals surface area contributed by atoms with Crippen molar-refractivity contribution in [3.63, 3.8) is 0 Å². The molecule has 0 aliphatic carbocycles. The molecule has 0 aliphatic heterocycles. The molecule has 15 heavy (non-hydrogen) atoms. The summed E-state index contributed by atoms with van der Waals surface area (Å²) < 4.78 is 25.7. The third-order valence-electron chi connectivity index (χ3n) is 1.96. The first-order valence-electron chi connectivity index (χ1n) is 4.21. The zero-order valence-electron chi connectivity index (χ0n) is 7.64. The lowest BCUT2D eigenvalue weighted by atomic mass is 10.2. The second-order valence-corrected chi connectivity index (χ2v) is 2.91. The normalized spacial score (nSPS) is 10.9. The van der Waals surface area contributed by atoms with Gasteiger partial charge in [0.05, 0.1) is 17.6 Å². The van der Waals surface area contributed by atoms with Crippen molar-refractivity contribution in [2.45, 2.75) is 6.55 Å². The van der Waals surface area contributed by atoms with E-state index in [0.717, 1.165) is 0 Å². The van der Waals surface area contributed by atoms with Crippen molar-refractivity contribution < 1.29 is 8.78 Å². The van der Waals surface area contributed by atoms with E-state index in [0.29, 0.717) is 10.2 Å². The van der Waals surface area contributed by atoms with E-state index >= 15 is 0 Å². The maximum Gasteiger partial charge on any atom is 0.333 e. The van der Waals surface area contributed by atoms with Crippen LogP contribution in [-0.2, 0) is 0 Å². The number of anilines is 1. The summed E-state index contributed by atoms with van der Waals surface area (Å²) in [5.74, 6) is 0.